The molecule has 5 amide bonds. The number of ketones is 1. The van der Waals surface area contributed by atoms with E-state index in [2.05, 4.69) is 26.0 Å². The number of nitrogens with zero attached hydrogens (tertiary/aromatic N) is 4. The Kier molecular flexibility index (Phi) is 11.7. The van der Waals surface area contributed by atoms with E-state index in [0.717, 1.165) is 57.6 Å². The molecular formula is C33H52N8O8S. The quantitative estimate of drug-likeness (QED) is 0.0893. The maximum absolute atomic E-state index is 14.7. The van der Waals surface area contributed by atoms with E-state index in [-0.39, 0.29) is 43.5 Å². The summed E-state index contributed by atoms with van der Waals surface area (Å²) in [6.45, 7) is 1.82. The molecule has 17 heteroatoms. The summed E-state index contributed by atoms with van der Waals surface area (Å²) < 4.78 is 31.1. The normalized spacial score (nSPS) is 29.2. The van der Waals surface area contributed by atoms with Gasteiger partial charge in [0.15, 0.2) is 0 Å². The number of carbonyl (C=O) groups excluding carboxylic acids is 5. The maximum atomic E-state index is 14.7. The van der Waals surface area contributed by atoms with Crippen LogP contribution in [0.1, 0.15) is 96.8 Å². The number of sulfone groups is 1. The molecule has 0 aromatic heterocycles. The third-order valence-electron chi connectivity index (χ3n) is 11.3. The molecule has 2 heterocycles. The Morgan fingerprint density at radius 1 is 1.02 bits per heavy atom. The molecule has 16 nitrogen and oxygen atoms in total. The Bertz CT molecular complexity index is 1490. The number of fused-ring (bicyclic) bond motifs is 1. The number of amides is 5. The summed E-state index contributed by atoms with van der Waals surface area (Å²) in [5.74, 6) is -3.93. The van der Waals surface area contributed by atoms with Crippen molar-refractivity contribution in [3.63, 3.8) is 0 Å². The van der Waals surface area contributed by atoms with Crippen LogP contribution in [0.25, 0.3) is 10.4 Å². The highest BCUT2D eigenvalue weighted by atomic mass is 32.2. The summed E-state index contributed by atoms with van der Waals surface area (Å²) in [5.41, 5.74) is 12.5. The lowest BCUT2D eigenvalue weighted by Gasteiger charge is -2.39. The number of rotatable bonds is 14. The van der Waals surface area contributed by atoms with Crippen LogP contribution in [-0.4, -0.2) is 103 Å². The molecule has 5 aliphatic rings. The van der Waals surface area contributed by atoms with E-state index in [4.69, 9.17) is 16.0 Å². The standard InChI is InChI=1S/C33H52N8O8S/c1-32(18-36-40-35)16-22-24(49-32)17-41(26(22)29(44)37-23(15-20-11-12-20)27(42)28(34)43)30(45)25(21-9-5-3-6-10-21)38-31(46)39-33(19-50(2,47)48)13-7-4-8-14-33/h20-26H,3-19H2,1-2H3,(H2,34,43)(H,37,44)(H2,38,39,46)/t22-,23?,24-,25-,26-,32-/m0/s1. The molecule has 3 aliphatic carbocycles. The second-order valence-corrected chi connectivity index (χ2v) is 17.8. The molecule has 50 heavy (non-hydrogen) atoms. The molecule has 0 spiro atoms. The van der Waals surface area contributed by atoms with Gasteiger partial charge in [0.05, 0.1) is 35.6 Å². The first-order chi connectivity index (χ1) is 23.6. The fourth-order valence-electron chi connectivity index (χ4n) is 8.83. The van der Waals surface area contributed by atoms with Gasteiger partial charge in [-0.05, 0) is 62.8 Å². The van der Waals surface area contributed by atoms with Gasteiger partial charge >= 0.3 is 6.03 Å². The lowest BCUT2D eigenvalue weighted by Crippen LogP contribution is -2.62. The average molecular weight is 721 g/mol. The molecule has 2 saturated heterocycles. The van der Waals surface area contributed by atoms with Gasteiger partial charge in [-0.15, -0.1) is 0 Å². The van der Waals surface area contributed by atoms with Crippen LogP contribution in [0.15, 0.2) is 5.11 Å². The minimum atomic E-state index is -3.43. The van der Waals surface area contributed by atoms with Gasteiger partial charge in [-0.25, -0.2) is 13.2 Å². The number of carbonyl (C=O) groups is 5. The molecule has 0 radical (unpaired) electrons. The number of ether oxygens (including phenoxy) is 1. The van der Waals surface area contributed by atoms with Crippen molar-refractivity contribution in [3.05, 3.63) is 10.4 Å². The lowest BCUT2D eigenvalue weighted by molar-refractivity contribution is -0.144. The summed E-state index contributed by atoms with van der Waals surface area (Å²) in [4.78, 5) is 71.7. The van der Waals surface area contributed by atoms with E-state index in [0.29, 0.717) is 25.7 Å². The number of likely N-dealkylation sites (tertiary alicyclic amines) is 1. The second kappa shape index (κ2) is 15.4. The molecule has 5 rings (SSSR count). The highest BCUT2D eigenvalue weighted by Crippen LogP contribution is 2.44. The number of hydrogen-bond donors (Lipinski definition) is 4. The van der Waals surface area contributed by atoms with Crippen molar-refractivity contribution < 1.29 is 37.1 Å². The van der Waals surface area contributed by atoms with Gasteiger partial charge in [-0.2, -0.15) is 0 Å². The molecule has 278 valence electrons. The average Bonchev–Trinajstić information content (AvgIpc) is 3.72. The fourth-order valence-corrected chi connectivity index (χ4v) is 10.2. The molecule has 0 bridgehead atoms. The molecular weight excluding hydrogens is 668 g/mol. The van der Waals surface area contributed by atoms with Gasteiger partial charge in [-0.1, -0.05) is 56.5 Å². The number of urea groups is 1. The summed E-state index contributed by atoms with van der Waals surface area (Å²) in [6.07, 6.45) is 10.4. The SMILES string of the molecule is C[C@@]1(CN=[N+]=[N-])C[C@H]2[C@H](CN(C(=O)[C@@H](NC(=O)NC3(CS(C)(=O)=O)CCCCC3)C3CCCCC3)[C@@H]2C(=O)NC(CC2CC2)C(=O)C(N)=O)O1. The molecule has 6 atom stereocenters. The first-order valence-corrected chi connectivity index (χ1v) is 20.1. The van der Waals surface area contributed by atoms with E-state index in [1.807, 2.05) is 0 Å². The third kappa shape index (κ3) is 9.26. The topological polar surface area (TPSA) is 243 Å². The summed E-state index contributed by atoms with van der Waals surface area (Å²) in [7, 11) is -3.43. The van der Waals surface area contributed by atoms with Gasteiger partial charge in [0, 0.05) is 23.6 Å². The second-order valence-electron chi connectivity index (χ2n) is 15.7. The van der Waals surface area contributed by atoms with Crippen molar-refractivity contribution in [1.82, 2.24) is 20.9 Å². The zero-order valence-corrected chi connectivity index (χ0v) is 29.9. The Balaban J connectivity index is 1.42. The van der Waals surface area contributed by atoms with Crippen LogP contribution in [0.3, 0.4) is 0 Å². The Morgan fingerprint density at radius 3 is 2.28 bits per heavy atom. The summed E-state index contributed by atoms with van der Waals surface area (Å²) in [6, 6.07) is -3.88. The first kappa shape index (κ1) is 37.8. The van der Waals surface area contributed by atoms with Gasteiger partial charge in [0.1, 0.15) is 21.9 Å². The van der Waals surface area contributed by atoms with Crippen molar-refractivity contribution in [2.45, 2.75) is 132 Å². The van der Waals surface area contributed by atoms with Crippen LogP contribution >= 0.6 is 0 Å². The summed E-state index contributed by atoms with van der Waals surface area (Å²) in [5, 5.41) is 12.3. The highest BCUT2D eigenvalue weighted by Gasteiger charge is 2.57. The van der Waals surface area contributed by atoms with Crippen LogP contribution in [-0.2, 0) is 33.8 Å². The van der Waals surface area contributed by atoms with Crippen molar-refractivity contribution in [3.8, 4) is 0 Å². The Morgan fingerprint density at radius 2 is 1.68 bits per heavy atom. The van der Waals surface area contributed by atoms with Crippen molar-refractivity contribution in [2.24, 2.45) is 28.6 Å². The van der Waals surface area contributed by atoms with E-state index in [9.17, 15) is 32.4 Å². The smallest absolute Gasteiger partial charge is 0.315 e. The van der Waals surface area contributed by atoms with Crippen LogP contribution in [0.2, 0.25) is 0 Å². The van der Waals surface area contributed by atoms with Crippen molar-refractivity contribution in [2.75, 3.05) is 25.1 Å². The van der Waals surface area contributed by atoms with Gasteiger partial charge < -0.3 is 31.3 Å². The zero-order chi connectivity index (χ0) is 36.3. The largest absolute Gasteiger partial charge is 0.370 e. The molecule has 5 N–H and O–H groups in total. The van der Waals surface area contributed by atoms with Gasteiger partial charge in [0.2, 0.25) is 17.6 Å². The molecule has 5 fully saturated rings. The number of azide groups is 1. The van der Waals surface area contributed by atoms with E-state index < -0.39 is 80.7 Å². The number of primary amides is 1. The summed E-state index contributed by atoms with van der Waals surface area (Å²) >= 11 is 0. The van der Waals surface area contributed by atoms with Crippen molar-refractivity contribution in [1.29, 1.82) is 0 Å². The van der Waals surface area contributed by atoms with Crippen molar-refractivity contribution >= 4 is 39.4 Å². The molecule has 0 aromatic carbocycles. The third-order valence-corrected chi connectivity index (χ3v) is 12.3. The molecule has 1 unspecified atom stereocenters. The van der Waals surface area contributed by atoms with Crippen LogP contribution in [0.4, 0.5) is 4.79 Å². The minimum Gasteiger partial charge on any atom is -0.370 e. The monoisotopic (exact) mass is 720 g/mol. The fraction of sp³-hybridized carbons (Fsp3) is 0.848. The number of hydrogen-bond acceptors (Lipinski definition) is 9. The van der Waals surface area contributed by atoms with Gasteiger partial charge in [0.25, 0.3) is 5.91 Å². The first-order valence-electron chi connectivity index (χ1n) is 18.0. The predicted octanol–water partition coefficient (Wildman–Crippen LogP) is 2.01. The van der Waals surface area contributed by atoms with Crippen LogP contribution in [0, 0.1) is 17.8 Å². The molecule has 2 aliphatic heterocycles. The zero-order valence-electron chi connectivity index (χ0n) is 29.1. The molecule has 3 saturated carbocycles. The lowest BCUT2D eigenvalue weighted by atomic mass is 9.82. The molecule has 0 aromatic rings. The number of nitrogens with two attached hydrogens (primary N) is 1. The minimum absolute atomic E-state index is 0.0188. The van der Waals surface area contributed by atoms with Crippen LogP contribution < -0.4 is 21.7 Å². The predicted molar refractivity (Wildman–Crippen MR) is 182 cm³/mol. The Hall–Kier alpha value is -3.43. The number of nitrogens with one attached hydrogen (secondary N) is 3. The highest BCUT2D eigenvalue weighted by molar-refractivity contribution is 7.90. The Labute approximate surface area is 293 Å². The maximum Gasteiger partial charge on any atom is 0.315 e. The van der Waals surface area contributed by atoms with E-state index in [1.54, 1.807) is 6.92 Å². The van der Waals surface area contributed by atoms with Gasteiger partial charge in [-0.3, -0.25) is 19.2 Å². The van der Waals surface area contributed by atoms with E-state index in [1.165, 1.54) is 4.90 Å². The van der Waals surface area contributed by atoms with E-state index >= 15 is 0 Å². The van der Waals surface area contributed by atoms with Crippen LogP contribution in [0.5, 0.6) is 0 Å². The number of Topliss-reactive ketones (excluding diaryl/α,β-unsaturated/α-hetero) is 1.